The average Bonchev–Trinajstić information content (AvgIpc) is 2.97. The Hall–Kier alpha value is 1.66. The quantitative estimate of drug-likeness (QED) is 0.684. The summed E-state index contributed by atoms with van der Waals surface area (Å²) in [5, 5.41) is 0. The van der Waals surface area contributed by atoms with Gasteiger partial charge in [0.15, 0.2) is 0 Å². The molecule has 0 aromatic carbocycles. The molecule has 0 bridgehead atoms. The number of hydrogen-bond acceptors (Lipinski definition) is 1. The Morgan fingerprint density at radius 1 is 0.789 bits per heavy atom. The van der Waals surface area contributed by atoms with Crippen LogP contribution in [0.25, 0.3) is 0 Å². The van der Waals surface area contributed by atoms with Crippen LogP contribution in [0.5, 0.6) is 0 Å². The average molecular weight is 294 g/mol. The summed E-state index contributed by atoms with van der Waals surface area (Å²) >= 11 is 0. The molecule has 1 heterocycles. The second-order valence-electron chi connectivity index (χ2n) is 6.57. The fraction of sp³-hybridized carbons (Fsp3) is 1.00. The molecular formula is C16H36BKO. The first-order valence-electron chi connectivity index (χ1n) is 8.38. The Morgan fingerprint density at radius 3 is 1.26 bits per heavy atom. The summed E-state index contributed by atoms with van der Waals surface area (Å²) in [7, 11) is 0. The summed E-state index contributed by atoms with van der Waals surface area (Å²) in [6.45, 7) is 16.5. The molecule has 0 amide bonds. The normalized spacial score (nSPS) is 20.5. The van der Waals surface area contributed by atoms with Crippen molar-refractivity contribution in [2.75, 3.05) is 13.2 Å². The zero-order chi connectivity index (χ0) is 14.0. The summed E-state index contributed by atoms with van der Waals surface area (Å²) in [4.78, 5) is 0. The molecule has 1 nitrogen and oxygen atoms in total. The molecule has 0 aromatic heterocycles. The molecule has 19 heavy (non-hydrogen) atoms. The van der Waals surface area contributed by atoms with Crippen molar-refractivity contribution in [1.82, 2.24) is 0 Å². The Kier molecular flexibility index (Phi) is 17.6. The number of rotatable bonds is 6. The third kappa shape index (κ3) is 10.1. The van der Waals surface area contributed by atoms with Crippen LogP contribution in [0, 0.1) is 0 Å². The summed E-state index contributed by atoms with van der Waals surface area (Å²) in [6, 6.07) is 0. The standard InChI is InChI=1S/C12H28B.C4H8O.K/c1-7-10(4)13(11(5)8-2)12(6)9-3;1-2-4-5-3-1;/h10-13H,7-9H2,1-6H3;1-4H2;/q-1;;+1. The smallest absolute Gasteiger partial charge is 0.381 e. The Morgan fingerprint density at radius 2 is 1.11 bits per heavy atom. The van der Waals surface area contributed by atoms with Crippen molar-refractivity contribution >= 4 is 6.71 Å². The van der Waals surface area contributed by atoms with E-state index in [0.29, 0.717) is 0 Å². The van der Waals surface area contributed by atoms with Gasteiger partial charge in [0.05, 0.1) is 0 Å². The summed E-state index contributed by atoms with van der Waals surface area (Å²) in [5.74, 6) is 2.93. The van der Waals surface area contributed by atoms with E-state index in [0.717, 1.165) is 30.7 Å². The fourth-order valence-electron chi connectivity index (χ4n) is 3.57. The minimum atomic E-state index is 0. The van der Waals surface area contributed by atoms with E-state index in [4.69, 9.17) is 4.74 Å². The van der Waals surface area contributed by atoms with Gasteiger partial charge in [-0.15, -0.1) is 0 Å². The van der Waals surface area contributed by atoms with E-state index in [1.807, 2.05) is 0 Å². The zero-order valence-corrected chi connectivity index (χ0v) is 17.9. The zero-order valence-electron chi connectivity index (χ0n) is 14.8. The second kappa shape index (κ2) is 14.6. The molecule has 1 rings (SSSR count). The monoisotopic (exact) mass is 294 g/mol. The number of ether oxygens (including phenoxy) is 1. The van der Waals surface area contributed by atoms with Crippen LogP contribution in [0.1, 0.15) is 73.6 Å². The Labute approximate surface area is 165 Å². The van der Waals surface area contributed by atoms with Crippen LogP contribution < -0.4 is 51.4 Å². The van der Waals surface area contributed by atoms with E-state index >= 15 is 0 Å². The maximum absolute atomic E-state index is 4.94. The van der Waals surface area contributed by atoms with Crippen LogP contribution in [0.15, 0.2) is 0 Å². The molecule has 1 aliphatic rings. The molecule has 1 fully saturated rings. The van der Waals surface area contributed by atoms with Crippen LogP contribution >= 0.6 is 0 Å². The molecule has 0 aromatic rings. The van der Waals surface area contributed by atoms with Gasteiger partial charge in [-0.3, -0.25) is 0 Å². The first-order chi connectivity index (χ1) is 8.58. The van der Waals surface area contributed by atoms with Gasteiger partial charge in [-0.2, -0.15) is 17.5 Å². The first-order valence-corrected chi connectivity index (χ1v) is 8.38. The van der Waals surface area contributed by atoms with Crippen molar-refractivity contribution in [3.8, 4) is 0 Å². The van der Waals surface area contributed by atoms with E-state index in [1.54, 1.807) is 0 Å². The predicted molar refractivity (Wildman–Crippen MR) is 86.3 cm³/mol. The van der Waals surface area contributed by atoms with Gasteiger partial charge in [-0.05, 0) is 19.6 Å². The fourth-order valence-corrected chi connectivity index (χ4v) is 3.57. The summed E-state index contributed by atoms with van der Waals surface area (Å²) < 4.78 is 4.94. The Bertz CT molecular complexity index is 154. The van der Waals surface area contributed by atoms with Crippen molar-refractivity contribution in [3.63, 3.8) is 0 Å². The van der Waals surface area contributed by atoms with Gasteiger partial charge >= 0.3 is 51.4 Å². The largest absolute Gasteiger partial charge is 1.00 e. The van der Waals surface area contributed by atoms with E-state index in [9.17, 15) is 0 Å². The van der Waals surface area contributed by atoms with Crippen LogP contribution in [-0.4, -0.2) is 19.9 Å². The van der Waals surface area contributed by atoms with Crippen molar-refractivity contribution in [2.24, 2.45) is 0 Å². The number of hydrogen-bond donors (Lipinski definition) is 0. The van der Waals surface area contributed by atoms with Gasteiger partial charge in [0, 0.05) is 13.2 Å². The maximum Gasteiger partial charge on any atom is 1.00 e. The van der Waals surface area contributed by atoms with Crippen molar-refractivity contribution in [3.05, 3.63) is 0 Å². The first kappa shape index (κ1) is 22.9. The molecule has 0 radical (unpaired) electrons. The van der Waals surface area contributed by atoms with Crippen molar-refractivity contribution in [2.45, 2.75) is 91.1 Å². The van der Waals surface area contributed by atoms with Crippen LogP contribution in [0.4, 0.5) is 0 Å². The molecule has 0 spiro atoms. The van der Waals surface area contributed by atoms with Gasteiger partial charge in [0.2, 0.25) is 0 Å². The molecule has 0 N–H and O–H groups in total. The van der Waals surface area contributed by atoms with Crippen molar-refractivity contribution < 1.29 is 56.1 Å². The Balaban J connectivity index is 0. The van der Waals surface area contributed by atoms with Gasteiger partial charge < -0.3 is 4.74 Å². The van der Waals surface area contributed by atoms with E-state index in [1.165, 1.54) is 32.1 Å². The molecule has 0 aliphatic carbocycles. The maximum atomic E-state index is 4.94. The van der Waals surface area contributed by atoms with Gasteiger partial charge in [0.1, 0.15) is 0 Å². The molecule has 3 heteroatoms. The van der Waals surface area contributed by atoms with Gasteiger partial charge in [-0.1, -0.05) is 60.8 Å². The topological polar surface area (TPSA) is 9.23 Å². The van der Waals surface area contributed by atoms with E-state index in [2.05, 4.69) is 41.5 Å². The molecule has 110 valence electrons. The minimum absolute atomic E-state index is 0. The van der Waals surface area contributed by atoms with E-state index in [-0.39, 0.29) is 58.1 Å². The third-order valence-electron chi connectivity index (χ3n) is 5.33. The summed E-state index contributed by atoms with van der Waals surface area (Å²) in [5.41, 5.74) is 0. The molecule has 1 saturated heterocycles. The van der Waals surface area contributed by atoms with Crippen molar-refractivity contribution in [1.29, 1.82) is 0 Å². The van der Waals surface area contributed by atoms with Gasteiger partial charge in [0.25, 0.3) is 0 Å². The molecule has 3 atom stereocenters. The SMILES string of the molecule is C1CCOC1.CCC(C)[BH-](C(C)CC)C(C)CC.[K+]. The molecule has 1 aliphatic heterocycles. The molecular weight excluding hydrogens is 258 g/mol. The van der Waals surface area contributed by atoms with Crippen LogP contribution in [0.3, 0.4) is 0 Å². The summed E-state index contributed by atoms with van der Waals surface area (Å²) in [6.07, 6.45) is 6.66. The third-order valence-corrected chi connectivity index (χ3v) is 5.33. The van der Waals surface area contributed by atoms with Crippen LogP contribution in [0.2, 0.25) is 17.5 Å². The van der Waals surface area contributed by atoms with Gasteiger partial charge in [-0.25, -0.2) is 0 Å². The minimum Gasteiger partial charge on any atom is -0.381 e. The molecule has 0 saturated carbocycles. The van der Waals surface area contributed by atoms with E-state index < -0.39 is 0 Å². The van der Waals surface area contributed by atoms with Crippen LogP contribution in [-0.2, 0) is 4.74 Å². The second-order valence-corrected chi connectivity index (χ2v) is 6.57. The predicted octanol–water partition coefficient (Wildman–Crippen LogP) is 2.41. The molecule has 3 unspecified atom stereocenters.